The van der Waals surface area contributed by atoms with Gasteiger partial charge >= 0.3 is 0 Å². The summed E-state index contributed by atoms with van der Waals surface area (Å²) in [6.07, 6.45) is 2.53. The van der Waals surface area contributed by atoms with Crippen LogP contribution in [0.2, 0.25) is 0 Å². The van der Waals surface area contributed by atoms with E-state index in [1.807, 2.05) is 7.05 Å². The smallest absolute Gasteiger partial charge is 0.293 e. The second kappa shape index (κ2) is 5.60. The molecular weight excluding hydrogens is 220 g/mol. The summed E-state index contributed by atoms with van der Waals surface area (Å²) in [5.74, 6) is 1.65. The number of hydrogen-bond acceptors (Lipinski definition) is 6. The Balaban J connectivity index is 1.94. The molecule has 2 rings (SSSR count). The van der Waals surface area contributed by atoms with Gasteiger partial charge < -0.3 is 14.7 Å². The Hall–Kier alpha value is -1.66. The molecule has 0 saturated heterocycles. The van der Waals surface area contributed by atoms with Crippen molar-refractivity contribution in [3.8, 4) is 11.7 Å². The molecule has 0 spiro atoms. The van der Waals surface area contributed by atoms with Crippen LogP contribution in [0, 0.1) is 0 Å². The van der Waals surface area contributed by atoms with E-state index < -0.39 is 0 Å². The first kappa shape index (κ1) is 11.8. The summed E-state index contributed by atoms with van der Waals surface area (Å²) in [5.41, 5.74) is 5.45. The Labute approximate surface area is 99.4 Å². The monoisotopic (exact) mass is 236 g/mol. The van der Waals surface area contributed by atoms with Gasteiger partial charge in [-0.15, -0.1) is 0 Å². The van der Waals surface area contributed by atoms with E-state index in [4.69, 9.17) is 14.7 Å². The lowest BCUT2D eigenvalue weighted by molar-refractivity contribution is 0.307. The second-order valence-electron chi connectivity index (χ2n) is 3.87. The molecule has 0 radical (unpaired) electrons. The highest BCUT2D eigenvalue weighted by Gasteiger charge is 2.12. The minimum absolute atomic E-state index is 0.414. The average Bonchev–Trinajstić information content (AvgIpc) is 2.95. The second-order valence-corrected chi connectivity index (χ2v) is 3.87. The topological polar surface area (TPSA) is 81.3 Å². The lowest BCUT2D eigenvalue weighted by atomic mass is 10.4. The van der Waals surface area contributed by atoms with Crippen LogP contribution >= 0.6 is 0 Å². The molecule has 2 aromatic heterocycles. The first-order valence-electron chi connectivity index (χ1n) is 5.54. The van der Waals surface area contributed by atoms with Gasteiger partial charge in [-0.1, -0.05) is 5.16 Å². The molecule has 2 heterocycles. The fourth-order valence-corrected chi connectivity index (χ4v) is 1.50. The summed E-state index contributed by atoms with van der Waals surface area (Å²) in [6, 6.07) is 3.57. The highest BCUT2D eigenvalue weighted by atomic mass is 16.5. The predicted molar refractivity (Wildman–Crippen MR) is 62.0 cm³/mol. The molecule has 0 bridgehead atoms. The minimum atomic E-state index is 0.414. The molecule has 0 saturated carbocycles. The number of nitrogens with two attached hydrogens (primary N) is 1. The van der Waals surface area contributed by atoms with E-state index in [1.165, 1.54) is 0 Å². The zero-order valence-corrected chi connectivity index (χ0v) is 9.80. The van der Waals surface area contributed by atoms with Gasteiger partial charge in [-0.2, -0.15) is 4.98 Å². The summed E-state index contributed by atoms with van der Waals surface area (Å²) in [7, 11) is 2.00. The minimum Gasteiger partial charge on any atom is -0.459 e. The maximum atomic E-state index is 5.45. The first-order valence-corrected chi connectivity index (χ1v) is 5.54. The van der Waals surface area contributed by atoms with Crippen molar-refractivity contribution < 1.29 is 8.94 Å². The highest BCUT2D eigenvalue weighted by Crippen LogP contribution is 2.17. The van der Waals surface area contributed by atoms with Gasteiger partial charge in [-0.25, -0.2) is 0 Å². The first-order chi connectivity index (χ1) is 8.29. The zero-order chi connectivity index (χ0) is 12.1. The van der Waals surface area contributed by atoms with E-state index >= 15 is 0 Å². The molecule has 92 valence electrons. The third-order valence-corrected chi connectivity index (χ3v) is 2.36. The van der Waals surface area contributed by atoms with E-state index in [9.17, 15) is 0 Å². The van der Waals surface area contributed by atoms with Gasteiger partial charge in [-0.3, -0.25) is 4.90 Å². The van der Waals surface area contributed by atoms with Crippen LogP contribution < -0.4 is 5.73 Å². The largest absolute Gasteiger partial charge is 0.459 e. The van der Waals surface area contributed by atoms with Crippen LogP contribution in [-0.4, -0.2) is 35.2 Å². The van der Waals surface area contributed by atoms with Crippen molar-refractivity contribution in [3.05, 3.63) is 24.2 Å². The fourth-order valence-electron chi connectivity index (χ4n) is 1.50. The van der Waals surface area contributed by atoms with Gasteiger partial charge in [0.15, 0.2) is 11.6 Å². The Bertz CT molecular complexity index is 438. The van der Waals surface area contributed by atoms with Crippen LogP contribution in [-0.2, 0) is 6.54 Å². The summed E-state index contributed by atoms with van der Waals surface area (Å²) in [4.78, 5) is 6.36. The van der Waals surface area contributed by atoms with Crippen molar-refractivity contribution in [2.45, 2.75) is 13.0 Å². The van der Waals surface area contributed by atoms with Crippen LogP contribution in [0.15, 0.2) is 27.3 Å². The molecule has 0 aliphatic carbocycles. The van der Waals surface area contributed by atoms with Crippen molar-refractivity contribution in [1.82, 2.24) is 15.0 Å². The molecule has 0 aliphatic rings. The van der Waals surface area contributed by atoms with Gasteiger partial charge in [-0.05, 0) is 38.7 Å². The molecule has 0 fully saturated rings. The summed E-state index contributed by atoms with van der Waals surface area (Å²) < 4.78 is 10.3. The van der Waals surface area contributed by atoms with E-state index in [-0.39, 0.29) is 0 Å². The van der Waals surface area contributed by atoms with Crippen molar-refractivity contribution in [2.75, 3.05) is 20.1 Å². The van der Waals surface area contributed by atoms with Crippen molar-refractivity contribution in [2.24, 2.45) is 5.73 Å². The predicted octanol–water partition coefficient (Wildman–Crippen LogP) is 1.11. The van der Waals surface area contributed by atoms with Crippen molar-refractivity contribution >= 4 is 0 Å². The summed E-state index contributed by atoms with van der Waals surface area (Å²) in [6.45, 7) is 2.25. The third-order valence-electron chi connectivity index (χ3n) is 2.36. The van der Waals surface area contributed by atoms with E-state index in [1.54, 1.807) is 18.4 Å². The number of hydrogen-bond donors (Lipinski definition) is 1. The lowest BCUT2D eigenvalue weighted by Crippen LogP contribution is -2.21. The van der Waals surface area contributed by atoms with E-state index in [2.05, 4.69) is 15.0 Å². The normalized spacial score (nSPS) is 11.2. The third kappa shape index (κ3) is 3.15. The van der Waals surface area contributed by atoms with E-state index in [0.717, 1.165) is 13.0 Å². The highest BCUT2D eigenvalue weighted by molar-refractivity contribution is 5.42. The van der Waals surface area contributed by atoms with Crippen LogP contribution in [0.25, 0.3) is 11.7 Å². The molecule has 6 heteroatoms. The van der Waals surface area contributed by atoms with Gasteiger partial charge in [0, 0.05) is 0 Å². The molecular formula is C11H16N4O2. The Morgan fingerprint density at radius 1 is 1.47 bits per heavy atom. The molecule has 6 nitrogen and oxygen atoms in total. The molecule has 0 unspecified atom stereocenters. The van der Waals surface area contributed by atoms with Gasteiger partial charge in [0.1, 0.15) is 0 Å². The summed E-state index contributed by atoms with van der Waals surface area (Å²) in [5, 5.41) is 3.90. The van der Waals surface area contributed by atoms with Gasteiger partial charge in [0.05, 0.1) is 12.8 Å². The zero-order valence-electron chi connectivity index (χ0n) is 9.80. The van der Waals surface area contributed by atoms with Gasteiger partial charge in [0.2, 0.25) is 0 Å². The van der Waals surface area contributed by atoms with Gasteiger partial charge in [0.25, 0.3) is 5.89 Å². The van der Waals surface area contributed by atoms with Crippen LogP contribution in [0.5, 0.6) is 0 Å². The molecule has 2 N–H and O–H groups in total. The Morgan fingerprint density at radius 3 is 3.06 bits per heavy atom. The Kier molecular flexibility index (Phi) is 3.89. The van der Waals surface area contributed by atoms with Crippen LogP contribution in [0.3, 0.4) is 0 Å². The number of furan rings is 1. The molecule has 0 amide bonds. The maximum Gasteiger partial charge on any atom is 0.293 e. The molecule has 17 heavy (non-hydrogen) atoms. The lowest BCUT2D eigenvalue weighted by Gasteiger charge is -2.12. The average molecular weight is 236 g/mol. The summed E-state index contributed by atoms with van der Waals surface area (Å²) >= 11 is 0. The fraction of sp³-hybridized carbons (Fsp3) is 0.455. The quantitative estimate of drug-likeness (QED) is 0.809. The number of nitrogens with zero attached hydrogens (tertiary/aromatic N) is 3. The maximum absolute atomic E-state index is 5.45. The van der Waals surface area contributed by atoms with Crippen molar-refractivity contribution in [1.29, 1.82) is 0 Å². The number of aromatic nitrogens is 2. The standard InChI is InChI=1S/C11H16N4O2/c1-15(6-3-5-12)8-10-13-11(17-14-10)9-4-2-7-16-9/h2,4,7H,3,5-6,8,12H2,1H3. The molecule has 0 aromatic carbocycles. The molecule has 0 aliphatic heterocycles. The van der Waals surface area contributed by atoms with Crippen LogP contribution in [0.1, 0.15) is 12.2 Å². The Morgan fingerprint density at radius 2 is 2.35 bits per heavy atom. The number of rotatable bonds is 6. The SMILES string of the molecule is CN(CCCN)Cc1noc(-c2ccco2)n1. The molecule has 2 aromatic rings. The van der Waals surface area contributed by atoms with E-state index in [0.29, 0.717) is 30.6 Å². The van der Waals surface area contributed by atoms with Crippen LogP contribution in [0.4, 0.5) is 0 Å². The molecule has 0 atom stereocenters. The van der Waals surface area contributed by atoms with Crippen molar-refractivity contribution in [3.63, 3.8) is 0 Å².